The van der Waals surface area contributed by atoms with E-state index in [4.69, 9.17) is 11.6 Å². The van der Waals surface area contributed by atoms with Gasteiger partial charge in [-0.1, -0.05) is 0 Å². The number of fused-ring (bicyclic) bond motifs is 1. The maximum atomic E-state index is 10.9. The highest BCUT2D eigenvalue weighted by molar-refractivity contribution is 6.29. The van der Waals surface area contributed by atoms with Gasteiger partial charge in [0.2, 0.25) is 0 Å². The molecule has 1 nitrogen and oxygen atoms in total. The summed E-state index contributed by atoms with van der Waals surface area (Å²) in [4.78, 5) is 10.8. The minimum atomic E-state index is -0.144. The molecule has 2 fully saturated rings. The third kappa shape index (κ3) is 0.536. The van der Waals surface area contributed by atoms with Gasteiger partial charge in [-0.05, 0) is 19.3 Å². The number of rotatable bonds is 0. The minimum absolute atomic E-state index is 0.144. The first-order valence-corrected chi connectivity index (χ1v) is 3.73. The molecule has 0 unspecified atom stereocenters. The van der Waals surface area contributed by atoms with Crippen molar-refractivity contribution in [3.63, 3.8) is 0 Å². The van der Waals surface area contributed by atoms with E-state index in [0.29, 0.717) is 11.7 Å². The molecule has 0 bridgehead atoms. The first kappa shape index (κ1) is 5.72. The zero-order valence-electron chi connectivity index (χ0n) is 5.36. The Bertz CT molecular complexity index is 174. The molecule has 0 amide bonds. The van der Waals surface area contributed by atoms with Crippen molar-refractivity contribution in [2.24, 2.45) is 11.8 Å². The van der Waals surface area contributed by atoms with Gasteiger partial charge < -0.3 is 0 Å². The van der Waals surface area contributed by atoms with Crippen molar-refractivity contribution in [1.29, 1.82) is 0 Å². The lowest BCUT2D eigenvalue weighted by atomic mass is 10.1. The fourth-order valence-corrected chi connectivity index (χ4v) is 2.45. The van der Waals surface area contributed by atoms with Gasteiger partial charge in [0.05, 0.1) is 4.87 Å². The molecule has 2 aliphatic rings. The van der Waals surface area contributed by atoms with Crippen molar-refractivity contribution in [2.75, 3.05) is 0 Å². The number of halogens is 1. The fraction of sp³-hybridized carbons (Fsp3) is 0.857. The number of hydrogen-bond donors (Lipinski definition) is 0. The van der Waals surface area contributed by atoms with Gasteiger partial charge in [0.1, 0.15) is 5.78 Å². The number of Topliss-reactive ketones (excluding diaryl/α,β-unsaturated/α-hetero) is 1. The summed E-state index contributed by atoms with van der Waals surface area (Å²) in [5, 5.41) is 0. The summed E-state index contributed by atoms with van der Waals surface area (Å²) in [6.45, 7) is 1.97. The Kier molecular flexibility index (Phi) is 0.852. The zero-order valence-corrected chi connectivity index (χ0v) is 6.11. The lowest BCUT2D eigenvalue weighted by molar-refractivity contribution is -0.119. The molecule has 0 aliphatic heterocycles. The summed E-state index contributed by atoms with van der Waals surface area (Å²) >= 11 is 5.98. The molecule has 2 saturated carbocycles. The van der Waals surface area contributed by atoms with E-state index in [1.54, 1.807) is 0 Å². The van der Waals surface area contributed by atoms with Crippen molar-refractivity contribution in [3.05, 3.63) is 0 Å². The van der Waals surface area contributed by atoms with Crippen LogP contribution in [0, 0.1) is 11.8 Å². The topological polar surface area (TPSA) is 17.1 Å². The lowest BCUT2D eigenvalue weighted by Gasteiger charge is -2.01. The monoisotopic (exact) mass is 144 g/mol. The molecule has 50 valence electrons. The number of ketones is 1. The third-order valence-electron chi connectivity index (χ3n) is 2.67. The molecule has 0 aromatic heterocycles. The Morgan fingerprint density at radius 3 is 2.67 bits per heavy atom. The maximum Gasteiger partial charge on any atom is 0.138 e. The van der Waals surface area contributed by atoms with Crippen LogP contribution >= 0.6 is 11.6 Å². The first-order chi connectivity index (χ1) is 4.14. The van der Waals surface area contributed by atoms with Gasteiger partial charge in [0.15, 0.2) is 0 Å². The highest BCUT2D eigenvalue weighted by Gasteiger charge is 2.66. The first-order valence-electron chi connectivity index (χ1n) is 3.35. The van der Waals surface area contributed by atoms with E-state index >= 15 is 0 Å². The predicted octanol–water partition coefficient (Wildman–Crippen LogP) is 1.59. The molecule has 0 N–H and O–H groups in total. The van der Waals surface area contributed by atoms with Crippen LogP contribution in [0.1, 0.15) is 19.8 Å². The minimum Gasteiger partial charge on any atom is -0.299 e. The number of carbonyl (C=O) groups is 1. The fourth-order valence-electron chi connectivity index (χ4n) is 2.01. The van der Waals surface area contributed by atoms with Crippen LogP contribution in [0.3, 0.4) is 0 Å². The Hall–Kier alpha value is -0.0400. The summed E-state index contributed by atoms with van der Waals surface area (Å²) in [5.74, 6) is 1.13. The molecule has 0 saturated heterocycles. The van der Waals surface area contributed by atoms with E-state index in [1.165, 1.54) is 0 Å². The average molecular weight is 145 g/mol. The molecule has 3 atom stereocenters. The van der Waals surface area contributed by atoms with Crippen LogP contribution in [0.15, 0.2) is 0 Å². The van der Waals surface area contributed by atoms with E-state index in [0.717, 1.165) is 12.8 Å². The highest BCUT2D eigenvalue weighted by atomic mass is 35.5. The van der Waals surface area contributed by atoms with Crippen LogP contribution in [-0.4, -0.2) is 10.7 Å². The van der Waals surface area contributed by atoms with E-state index in [1.807, 2.05) is 6.92 Å². The molecular formula is C7H9ClO. The highest BCUT2D eigenvalue weighted by Crippen LogP contribution is 2.62. The van der Waals surface area contributed by atoms with E-state index in [2.05, 4.69) is 0 Å². The van der Waals surface area contributed by atoms with Crippen LogP contribution in [0.2, 0.25) is 0 Å². The van der Waals surface area contributed by atoms with Crippen molar-refractivity contribution < 1.29 is 4.79 Å². The van der Waals surface area contributed by atoms with Gasteiger partial charge in [-0.2, -0.15) is 0 Å². The van der Waals surface area contributed by atoms with E-state index < -0.39 is 0 Å². The average Bonchev–Trinajstić information content (AvgIpc) is 2.19. The quantitative estimate of drug-likeness (QED) is 0.472. The lowest BCUT2D eigenvalue weighted by Crippen LogP contribution is -2.07. The van der Waals surface area contributed by atoms with Crippen molar-refractivity contribution in [2.45, 2.75) is 24.6 Å². The standard InChI is InChI=1S/C7H9ClO/c1-7(8)4-2-3-5(9)6(4)7/h4,6H,2-3H2,1H3/t4-,6-,7-/m0/s1. The summed E-state index contributed by atoms with van der Waals surface area (Å²) in [5.41, 5.74) is 0. The molecular weight excluding hydrogens is 136 g/mol. The molecule has 9 heavy (non-hydrogen) atoms. The summed E-state index contributed by atoms with van der Waals surface area (Å²) < 4.78 is 0. The van der Waals surface area contributed by atoms with Gasteiger partial charge in [-0.25, -0.2) is 0 Å². The molecule has 0 spiro atoms. The molecule has 0 aromatic carbocycles. The maximum absolute atomic E-state index is 10.9. The molecule has 0 radical (unpaired) electrons. The van der Waals surface area contributed by atoms with E-state index in [-0.39, 0.29) is 10.8 Å². The molecule has 0 aromatic rings. The van der Waals surface area contributed by atoms with Crippen LogP contribution in [0.25, 0.3) is 0 Å². The van der Waals surface area contributed by atoms with Crippen LogP contribution in [0.4, 0.5) is 0 Å². The molecule has 2 rings (SSSR count). The molecule has 2 heteroatoms. The SMILES string of the molecule is C[C@@]1(Cl)[C@@H]2C(=O)CC[C@@H]21. The zero-order chi connectivity index (χ0) is 6.65. The van der Waals surface area contributed by atoms with Crippen LogP contribution in [0.5, 0.6) is 0 Å². The van der Waals surface area contributed by atoms with Gasteiger partial charge in [-0.15, -0.1) is 11.6 Å². The second kappa shape index (κ2) is 1.34. The number of hydrogen-bond acceptors (Lipinski definition) is 1. The molecule has 2 aliphatic carbocycles. The van der Waals surface area contributed by atoms with Gasteiger partial charge in [0, 0.05) is 12.3 Å². The van der Waals surface area contributed by atoms with Gasteiger partial charge >= 0.3 is 0 Å². The van der Waals surface area contributed by atoms with Gasteiger partial charge in [0.25, 0.3) is 0 Å². The van der Waals surface area contributed by atoms with E-state index in [9.17, 15) is 4.79 Å². The van der Waals surface area contributed by atoms with Gasteiger partial charge in [-0.3, -0.25) is 4.79 Å². The van der Waals surface area contributed by atoms with Crippen molar-refractivity contribution in [3.8, 4) is 0 Å². The second-order valence-electron chi connectivity index (χ2n) is 3.24. The summed E-state index contributed by atoms with van der Waals surface area (Å²) in [6, 6.07) is 0. The Morgan fingerprint density at radius 2 is 2.44 bits per heavy atom. The molecule has 0 heterocycles. The van der Waals surface area contributed by atoms with Crippen molar-refractivity contribution in [1.82, 2.24) is 0 Å². The predicted molar refractivity (Wildman–Crippen MR) is 35.5 cm³/mol. The Balaban J connectivity index is 2.23. The summed E-state index contributed by atoms with van der Waals surface area (Å²) in [6.07, 6.45) is 1.81. The smallest absolute Gasteiger partial charge is 0.138 e. The van der Waals surface area contributed by atoms with Crippen molar-refractivity contribution >= 4 is 17.4 Å². The van der Waals surface area contributed by atoms with Crippen LogP contribution in [-0.2, 0) is 4.79 Å². The second-order valence-corrected chi connectivity index (χ2v) is 4.05. The Labute approximate surface area is 59.4 Å². The third-order valence-corrected chi connectivity index (χ3v) is 3.19. The largest absolute Gasteiger partial charge is 0.299 e. The Morgan fingerprint density at radius 1 is 1.78 bits per heavy atom. The number of alkyl halides is 1. The summed E-state index contributed by atoms with van der Waals surface area (Å²) in [7, 11) is 0. The van der Waals surface area contributed by atoms with Crippen LogP contribution < -0.4 is 0 Å². The normalized spacial score (nSPS) is 55.6. The number of carbonyl (C=O) groups excluding carboxylic acids is 1.